The highest BCUT2D eigenvalue weighted by molar-refractivity contribution is 7.73. The highest BCUT2D eigenvalue weighted by Gasteiger charge is 2.17. The molecule has 6 nitrogen and oxygen atoms in total. The van der Waals surface area contributed by atoms with E-state index < -0.39 is 0 Å². The lowest BCUT2D eigenvalue weighted by Crippen LogP contribution is -2.22. The van der Waals surface area contributed by atoms with E-state index in [1.165, 1.54) is 16.0 Å². The Morgan fingerprint density at radius 3 is 2.27 bits per heavy atom. The summed E-state index contributed by atoms with van der Waals surface area (Å²) in [6, 6.07) is 14.9. The third kappa shape index (κ3) is 3.96. The Morgan fingerprint density at radius 1 is 1.10 bits per heavy atom. The largest absolute Gasteiger partial charge is 0.492 e. The van der Waals surface area contributed by atoms with Crippen molar-refractivity contribution in [3.63, 3.8) is 0 Å². The van der Waals surface area contributed by atoms with Gasteiger partial charge in [0.15, 0.2) is 9.78 Å². The smallest absolute Gasteiger partial charge is 0.270 e. The molecular formula is C22H20N4O2S2. The molecule has 0 aliphatic carbocycles. The number of aromatic hydroxyl groups is 1. The Hall–Kier alpha value is -3.10. The van der Waals surface area contributed by atoms with Gasteiger partial charge in [-0.3, -0.25) is 10.2 Å². The van der Waals surface area contributed by atoms with Crippen LogP contribution in [-0.2, 0) is 5.41 Å². The van der Waals surface area contributed by atoms with Crippen molar-refractivity contribution in [1.29, 1.82) is 0 Å². The Kier molecular flexibility index (Phi) is 5.13. The molecule has 1 amide bonds. The second-order valence-electron chi connectivity index (χ2n) is 7.87. The maximum atomic E-state index is 12.6. The molecule has 3 aromatic rings. The Morgan fingerprint density at radius 2 is 1.70 bits per heavy atom. The number of benzene rings is 2. The molecule has 0 fully saturated rings. The number of carbonyl (C=O) groups excluding carboxylic acids is 1. The molecule has 0 unspecified atom stereocenters. The van der Waals surface area contributed by atoms with Crippen LogP contribution in [0.3, 0.4) is 0 Å². The Balaban J connectivity index is 1.59. The molecule has 2 N–H and O–H groups in total. The molecule has 1 aliphatic heterocycles. The fourth-order valence-electron chi connectivity index (χ4n) is 2.97. The van der Waals surface area contributed by atoms with Crippen molar-refractivity contribution < 1.29 is 9.90 Å². The van der Waals surface area contributed by atoms with Crippen molar-refractivity contribution >= 4 is 35.5 Å². The number of para-hydroxylation sites is 2. The summed E-state index contributed by atoms with van der Waals surface area (Å²) < 4.78 is 1.52. The van der Waals surface area contributed by atoms with Crippen molar-refractivity contribution in [3.8, 4) is 5.88 Å². The normalized spacial score (nSPS) is 12.7. The number of amides is 1. The van der Waals surface area contributed by atoms with Crippen molar-refractivity contribution in [3.05, 3.63) is 85.0 Å². The van der Waals surface area contributed by atoms with Gasteiger partial charge in [-0.05, 0) is 47.5 Å². The molecule has 30 heavy (non-hydrogen) atoms. The number of nitrogens with one attached hydrogen (secondary N) is 1. The Bertz CT molecular complexity index is 1310. The average Bonchev–Trinajstić information content (AvgIpc) is 3.23. The summed E-state index contributed by atoms with van der Waals surface area (Å²) in [7, 11) is 0. The monoisotopic (exact) mass is 436 g/mol. The summed E-state index contributed by atoms with van der Waals surface area (Å²) in [6.07, 6.45) is 1.65. The molecule has 0 spiro atoms. The van der Waals surface area contributed by atoms with E-state index >= 15 is 0 Å². The van der Waals surface area contributed by atoms with E-state index in [0.29, 0.717) is 20.2 Å². The van der Waals surface area contributed by atoms with Crippen LogP contribution < -0.4 is 16.1 Å². The second-order valence-corrected chi connectivity index (χ2v) is 9.55. The molecular weight excluding hydrogens is 416 g/mol. The molecule has 8 heteroatoms. The summed E-state index contributed by atoms with van der Waals surface area (Å²) in [6.45, 7) is 6.34. The minimum Gasteiger partial charge on any atom is -0.492 e. The van der Waals surface area contributed by atoms with Crippen molar-refractivity contribution in [2.24, 2.45) is 9.98 Å². The molecule has 0 saturated heterocycles. The number of rotatable bonds is 3. The van der Waals surface area contributed by atoms with Crippen LogP contribution in [0.2, 0.25) is 0 Å². The maximum absolute atomic E-state index is 12.6. The second kappa shape index (κ2) is 7.62. The standard InChI is InChI=1S/C22H20N4O2S2/c1-22(2,3)14-10-8-13(9-11-14)19(27)25-26-20(28)17(30-21(26)29)12-18-23-15-6-4-5-7-16(15)24-18/h4-12,28H,1-3H3,(H,25,27). The fraction of sp³-hybridized carbons (Fsp3) is 0.182. The molecule has 2 aromatic carbocycles. The van der Waals surface area contributed by atoms with E-state index in [2.05, 4.69) is 36.2 Å². The molecule has 0 radical (unpaired) electrons. The first kappa shape index (κ1) is 20.2. The van der Waals surface area contributed by atoms with E-state index in [4.69, 9.17) is 12.2 Å². The fourth-order valence-corrected chi connectivity index (χ4v) is 4.13. The number of aromatic nitrogens is 1. The van der Waals surface area contributed by atoms with Gasteiger partial charge in [0, 0.05) is 11.6 Å². The minimum absolute atomic E-state index is 0.00157. The van der Waals surface area contributed by atoms with E-state index in [1.807, 2.05) is 36.4 Å². The van der Waals surface area contributed by atoms with Gasteiger partial charge in [0.2, 0.25) is 5.88 Å². The number of nitrogens with zero attached hydrogens (tertiary/aromatic N) is 3. The number of hydrogen-bond acceptors (Lipinski definition) is 6. The molecule has 1 aliphatic rings. The summed E-state index contributed by atoms with van der Waals surface area (Å²) in [4.78, 5) is 22.0. The van der Waals surface area contributed by atoms with Gasteiger partial charge in [0.05, 0.1) is 15.6 Å². The number of thiazole rings is 1. The molecule has 152 valence electrons. The zero-order valence-electron chi connectivity index (χ0n) is 16.7. The molecule has 0 atom stereocenters. The van der Waals surface area contributed by atoms with Crippen LogP contribution in [0.25, 0.3) is 6.08 Å². The van der Waals surface area contributed by atoms with Gasteiger partial charge >= 0.3 is 0 Å². The van der Waals surface area contributed by atoms with Crippen molar-refractivity contribution in [1.82, 2.24) is 4.68 Å². The third-order valence-electron chi connectivity index (χ3n) is 4.65. The first-order valence-corrected chi connectivity index (χ1v) is 10.6. The van der Waals surface area contributed by atoms with Gasteiger partial charge in [-0.2, -0.15) is 4.68 Å². The predicted molar refractivity (Wildman–Crippen MR) is 120 cm³/mol. The molecule has 0 bridgehead atoms. The summed E-state index contributed by atoms with van der Waals surface area (Å²) in [5, 5.41) is 12.1. The van der Waals surface area contributed by atoms with Crippen LogP contribution >= 0.6 is 23.6 Å². The van der Waals surface area contributed by atoms with E-state index in [-0.39, 0.29) is 17.2 Å². The first-order valence-electron chi connectivity index (χ1n) is 9.33. The van der Waals surface area contributed by atoms with Crippen LogP contribution in [0.1, 0.15) is 41.6 Å². The van der Waals surface area contributed by atoms with Gasteiger partial charge in [0.1, 0.15) is 0 Å². The lowest BCUT2D eigenvalue weighted by Gasteiger charge is -2.19. The highest BCUT2D eigenvalue weighted by Crippen LogP contribution is 2.28. The van der Waals surface area contributed by atoms with Crippen LogP contribution in [-0.4, -0.2) is 15.7 Å². The van der Waals surface area contributed by atoms with Gasteiger partial charge in [0.25, 0.3) is 5.91 Å². The summed E-state index contributed by atoms with van der Waals surface area (Å²) in [5.74, 6) is -0.0426. The zero-order valence-corrected chi connectivity index (χ0v) is 18.3. The molecule has 4 rings (SSSR count). The van der Waals surface area contributed by atoms with Crippen LogP contribution in [0.4, 0.5) is 0 Å². The predicted octanol–water partition coefficient (Wildman–Crippen LogP) is 3.92. The molecule has 0 saturated carbocycles. The van der Waals surface area contributed by atoms with Crippen molar-refractivity contribution in [2.45, 2.75) is 26.2 Å². The van der Waals surface area contributed by atoms with E-state index in [9.17, 15) is 9.90 Å². The highest BCUT2D eigenvalue weighted by atomic mass is 32.1. The topological polar surface area (TPSA) is 79.0 Å². The average molecular weight is 437 g/mol. The molecule has 2 heterocycles. The molecule has 1 aromatic heterocycles. The van der Waals surface area contributed by atoms with Gasteiger partial charge in [-0.1, -0.05) is 56.4 Å². The van der Waals surface area contributed by atoms with E-state index in [0.717, 1.165) is 16.3 Å². The van der Waals surface area contributed by atoms with Crippen molar-refractivity contribution in [2.75, 3.05) is 5.43 Å². The third-order valence-corrected chi connectivity index (χ3v) is 5.96. The Labute approximate surface area is 182 Å². The van der Waals surface area contributed by atoms with Gasteiger partial charge < -0.3 is 5.11 Å². The number of hydrogen-bond donors (Lipinski definition) is 2. The van der Waals surface area contributed by atoms with Gasteiger partial charge in [-0.15, -0.1) is 0 Å². The van der Waals surface area contributed by atoms with E-state index in [1.54, 1.807) is 18.2 Å². The summed E-state index contributed by atoms with van der Waals surface area (Å²) >= 11 is 6.49. The van der Waals surface area contributed by atoms with Crippen LogP contribution in [0, 0.1) is 3.95 Å². The van der Waals surface area contributed by atoms with Crippen LogP contribution in [0.5, 0.6) is 5.88 Å². The maximum Gasteiger partial charge on any atom is 0.270 e. The number of carbonyl (C=O) groups is 1. The van der Waals surface area contributed by atoms with Gasteiger partial charge in [-0.25, -0.2) is 9.98 Å². The quantitative estimate of drug-likeness (QED) is 0.611. The number of fused-ring (bicyclic) bond motifs is 1. The lowest BCUT2D eigenvalue weighted by atomic mass is 9.87. The van der Waals surface area contributed by atoms with Crippen LogP contribution in [0.15, 0.2) is 64.3 Å². The lowest BCUT2D eigenvalue weighted by molar-refractivity contribution is 0.101. The SMILES string of the molecule is CC(C)(C)c1ccc(C(=O)Nn2c(O)c(C=C3N=c4ccccc4=N3)sc2=S)cc1. The first-order chi connectivity index (χ1) is 14.2. The summed E-state index contributed by atoms with van der Waals surface area (Å²) in [5.41, 5.74) is 4.27. The zero-order chi connectivity index (χ0) is 21.5. The minimum atomic E-state index is -0.360.